The van der Waals surface area contributed by atoms with Gasteiger partial charge in [-0.1, -0.05) is 23.2 Å². The highest BCUT2D eigenvalue weighted by Gasteiger charge is 2.19. The van der Waals surface area contributed by atoms with E-state index in [0.29, 0.717) is 6.61 Å². The number of rotatable bonds is 6. The Kier molecular flexibility index (Phi) is 6.42. The highest BCUT2D eigenvalue weighted by Crippen LogP contribution is 2.30. The van der Waals surface area contributed by atoms with Crippen LogP contribution in [-0.2, 0) is 14.8 Å². The molecule has 1 atom stereocenters. The highest BCUT2D eigenvalue weighted by atomic mass is 35.5. The molecule has 21 heavy (non-hydrogen) atoms. The number of hydrogen-bond acceptors (Lipinski definition) is 4. The lowest BCUT2D eigenvalue weighted by Gasteiger charge is -2.13. The molecule has 9 heteroatoms. The van der Waals surface area contributed by atoms with Crippen LogP contribution in [0.5, 0.6) is 0 Å². The number of nitrogens with two attached hydrogens (primary N) is 1. The van der Waals surface area contributed by atoms with Crippen LogP contribution < -0.4 is 10.5 Å². The van der Waals surface area contributed by atoms with Crippen molar-refractivity contribution in [2.75, 3.05) is 13.2 Å². The minimum absolute atomic E-state index is 0.0529. The predicted molar refractivity (Wildman–Crippen MR) is 81.3 cm³/mol. The lowest BCUT2D eigenvalue weighted by atomic mass is 10.2. The van der Waals surface area contributed by atoms with Crippen molar-refractivity contribution >= 4 is 39.1 Å². The first-order chi connectivity index (χ1) is 9.66. The molecule has 0 saturated heterocycles. The van der Waals surface area contributed by atoms with Crippen molar-refractivity contribution in [3.05, 3.63) is 27.7 Å². The monoisotopic (exact) mass is 354 g/mol. The molecule has 1 amide bonds. The van der Waals surface area contributed by atoms with Gasteiger partial charge in [0.05, 0.1) is 16.1 Å². The molecule has 1 unspecified atom stereocenters. The van der Waals surface area contributed by atoms with Crippen LogP contribution in [0.4, 0.5) is 0 Å². The van der Waals surface area contributed by atoms with E-state index < -0.39 is 15.9 Å². The fraction of sp³-hybridized carbons (Fsp3) is 0.417. The number of hydrogen-bond donors (Lipinski definition) is 2. The first-order valence-electron chi connectivity index (χ1n) is 6.08. The summed E-state index contributed by atoms with van der Waals surface area (Å²) in [7, 11) is -4.07. The second-order valence-electron chi connectivity index (χ2n) is 4.29. The van der Waals surface area contributed by atoms with Crippen molar-refractivity contribution < 1.29 is 17.9 Å². The summed E-state index contributed by atoms with van der Waals surface area (Å²) in [5.41, 5.74) is 0.0529. The average Bonchev–Trinajstić information content (AvgIpc) is 2.38. The fourth-order valence-corrected chi connectivity index (χ4v) is 2.94. The van der Waals surface area contributed by atoms with Crippen LogP contribution in [0.3, 0.4) is 0 Å². The van der Waals surface area contributed by atoms with E-state index in [1.54, 1.807) is 6.92 Å². The Bertz CT molecular complexity index is 634. The number of carbonyl (C=O) groups is 1. The molecule has 1 rings (SSSR count). The van der Waals surface area contributed by atoms with Crippen LogP contribution in [0, 0.1) is 0 Å². The summed E-state index contributed by atoms with van der Waals surface area (Å²) in [6, 6.07) is 2.36. The van der Waals surface area contributed by atoms with E-state index in [1.165, 1.54) is 6.07 Å². The first kappa shape index (κ1) is 18.2. The summed E-state index contributed by atoms with van der Waals surface area (Å²) in [5, 5.41) is 7.37. The molecular formula is C12H16Cl2N2O4S. The fourth-order valence-electron chi connectivity index (χ4n) is 1.58. The SMILES string of the molecule is CCOC(C)CNC(=O)c1cc(Cl)c(Cl)c(S(N)(=O)=O)c1. The molecule has 1 aromatic carbocycles. The van der Waals surface area contributed by atoms with Crippen molar-refractivity contribution in [2.24, 2.45) is 5.14 Å². The number of carbonyl (C=O) groups excluding carboxylic acids is 1. The largest absolute Gasteiger partial charge is 0.377 e. The van der Waals surface area contributed by atoms with Crippen LogP contribution in [0.2, 0.25) is 10.0 Å². The maximum Gasteiger partial charge on any atom is 0.251 e. The minimum atomic E-state index is -4.07. The number of sulfonamides is 1. The average molecular weight is 355 g/mol. The number of nitrogens with one attached hydrogen (secondary N) is 1. The number of benzene rings is 1. The predicted octanol–water partition coefficient (Wildman–Crippen LogP) is 1.80. The smallest absolute Gasteiger partial charge is 0.251 e. The van der Waals surface area contributed by atoms with Gasteiger partial charge in [0, 0.05) is 18.7 Å². The van der Waals surface area contributed by atoms with Gasteiger partial charge in [0.15, 0.2) is 0 Å². The maximum atomic E-state index is 12.0. The van der Waals surface area contributed by atoms with E-state index in [0.717, 1.165) is 6.07 Å². The summed E-state index contributed by atoms with van der Waals surface area (Å²) in [6.07, 6.45) is -0.167. The molecule has 0 bridgehead atoms. The zero-order valence-corrected chi connectivity index (χ0v) is 13.8. The Morgan fingerprint density at radius 1 is 1.43 bits per heavy atom. The lowest BCUT2D eigenvalue weighted by molar-refractivity contribution is 0.0695. The number of amides is 1. The summed E-state index contributed by atoms with van der Waals surface area (Å²) in [5.74, 6) is -0.495. The zero-order chi connectivity index (χ0) is 16.2. The third kappa shape index (κ3) is 5.12. The van der Waals surface area contributed by atoms with Gasteiger partial charge in [-0.15, -0.1) is 0 Å². The summed E-state index contributed by atoms with van der Waals surface area (Å²) in [4.78, 5) is 11.6. The molecule has 0 fully saturated rings. The molecule has 0 aliphatic heterocycles. The Morgan fingerprint density at radius 3 is 2.57 bits per heavy atom. The third-order valence-electron chi connectivity index (χ3n) is 2.56. The summed E-state index contributed by atoms with van der Waals surface area (Å²) >= 11 is 11.6. The van der Waals surface area contributed by atoms with E-state index in [9.17, 15) is 13.2 Å². The molecule has 6 nitrogen and oxygen atoms in total. The van der Waals surface area contributed by atoms with Gasteiger partial charge in [-0.25, -0.2) is 13.6 Å². The van der Waals surface area contributed by atoms with Gasteiger partial charge in [-0.05, 0) is 26.0 Å². The molecule has 0 saturated carbocycles. The quantitative estimate of drug-likeness (QED) is 0.813. The molecule has 0 aliphatic rings. The van der Waals surface area contributed by atoms with E-state index in [-0.39, 0.29) is 33.2 Å². The van der Waals surface area contributed by atoms with Gasteiger partial charge >= 0.3 is 0 Å². The van der Waals surface area contributed by atoms with Gasteiger partial charge in [-0.2, -0.15) is 0 Å². The maximum absolute atomic E-state index is 12.0. The summed E-state index contributed by atoms with van der Waals surface area (Å²) in [6.45, 7) is 4.45. The van der Waals surface area contributed by atoms with Gasteiger partial charge in [0.25, 0.3) is 5.91 Å². The van der Waals surface area contributed by atoms with Gasteiger partial charge in [0.1, 0.15) is 4.90 Å². The van der Waals surface area contributed by atoms with Crippen LogP contribution in [0.25, 0.3) is 0 Å². The Labute approximate surface area is 133 Å². The molecule has 1 aromatic rings. The zero-order valence-electron chi connectivity index (χ0n) is 11.5. The number of halogens is 2. The molecule has 0 heterocycles. The van der Waals surface area contributed by atoms with Crippen LogP contribution in [0.1, 0.15) is 24.2 Å². The topological polar surface area (TPSA) is 98.5 Å². The van der Waals surface area contributed by atoms with Crippen molar-refractivity contribution in [3.8, 4) is 0 Å². The number of ether oxygens (including phenoxy) is 1. The molecule has 3 N–H and O–H groups in total. The van der Waals surface area contributed by atoms with Crippen molar-refractivity contribution in [2.45, 2.75) is 24.8 Å². The second-order valence-corrected chi connectivity index (χ2v) is 6.61. The normalized spacial score (nSPS) is 13.0. The van der Waals surface area contributed by atoms with E-state index in [1.807, 2.05) is 6.92 Å². The summed E-state index contributed by atoms with van der Waals surface area (Å²) < 4.78 is 28.1. The first-order valence-corrected chi connectivity index (χ1v) is 8.38. The van der Waals surface area contributed by atoms with Crippen molar-refractivity contribution in [1.29, 1.82) is 0 Å². The van der Waals surface area contributed by atoms with Crippen LogP contribution in [-0.4, -0.2) is 33.6 Å². The molecular weight excluding hydrogens is 339 g/mol. The van der Waals surface area contributed by atoms with Gasteiger partial charge in [-0.3, -0.25) is 4.79 Å². The number of primary sulfonamides is 1. The van der Waals surface area contributed by atoms with E-state index in [2.05, 4.69) is 5.32 Å². The standard InChI is InChI=1S/C12H16Cl2N2O4S/c1-3-20-7(2)6-16-12(17)8-4-9(13)11(14)10(5-8)21(15,18)19/h4-5,7H,3,6H2,1-2H3,(H,16,17)(H2,15,18,19). The molecule has 0 spiro atoms. The molecule has 0 aliphatic carbocycles. The molecule has 0 aromatic heterocycles. The van der Waals surface area contributed by atoms with Gasteiger partial charge < -0.3 is 10.1 Å². The van der Waals surface area contributed by atoms with Crippen molar-refractivity contribution in [3.63, 3.8) is 0 Å². The minimum Gasteiger partial charge on any atom is -0.377 e. The van der Waals surface area contributed by atoms with Gasteiger partial charge in [0.2, 0.25) is 10.0 Å². The third-order valence-corrected chi connectivity index (χ3v) is 4.41. The molecule has 118 valence electrons. The van der Waals surface area contributed by atoms with E-state index in [4.69, 9.17) is 33.1 Å². The van der Waals surface area contributed by atoms with Crippen LogP contribution >= 0.6 is 23.2 Å². The Morgan fingerprint density at radius 2 is 2.05 bits per heavy atom. The van der Waals surface area contributed by atoms with E-state index >= 15 is 0 Å². The second kappa shape index (κ2) is 7.42. The van der Waals surface area contributed by atoms with Crippen LogP contribution in [0.15, 0.2) is 17.0 Å². The highest BCUT2D eigenvalue weighted by molar-refractivity contribution is 7.89. The lowest BCUT2D eigenvalue weighted by Crippen LogP contribution is -2.32. The van der Waals surface area contributed by atoms with Crippen molar-refractivity contribution in [1.82, 2.24) is 5.32 Å². The molecule has 0 radical (unpaired) electrons. The Hall–Kier alpha value is -0.860. The Balaban J connectivity index is 2.99.